The van der Waals surface area contributed by atoms with Crippen LogP contribution in [0.2, 0.25) is 0 Å². The highest BCUT2D eigenvalue weighted by Gasteiger charge is 2.27. The number of rotatable bonds is 39. The lowest BCUT2D eigenvalue weighted by Crippen LogP contribution is -2.34. The largest absolute Gasteiger partial charge is 0.498 e. The predicted octanol–water partition coefficient (Wildman–Crippen LogP) is 11.1. The molecule has 300 valence electrons. The SMILES string of the molecule is CCCCCCCC/C=C\CCCCCCCC(=O)O[C@H](CO/C=C\CCCCCCCCCCCCCC)COP(=O)(O)OC[C@H](N)C(=O)O. The van der Waals surface area contributed by atoms with E-state index in [1.165, 1.54) is 116 Å². The molecule has 0 bridgehead atoms. The standard InChI is InChI=1S/C40H76NO9P/c1-3-5-7-9-11-13-15-17-19-20-22-24-26-28-30-32-39(42)50-37(35-48-51(45,46)49-36-38(41)40(43)44)34-47-33-31-29-27-25-23-21-18-16-14-12-10-8-6-4-2/h17,19,31,33,37-38H,3-16,18,20-30,32,34-36,41H2,1-2H3,(H,43,44)(H,45,46)/b19-17-,33-31-/t37-,38+/m1/s1. The first kappa shape index (κ1) is 49.3. The summed E-state index contributed by atoms with van der Waals surface area (Å²) in [6.07, 6.45) is 38.8. The van der Waals surface area contributed by atoms with Gasteiger partial charge < -0.3 is 25.2 Å². The minimum Gasteiger partial charge on any atom is -0.498 e. The van der Waals surface area contributed by atoms with Crippen LogP contribution in [0.5, 0.6) is 0 Å². The zero-order valence-corrected chi connectivity index (χ0v) is 33.3. The highest BCUT2D eigenvalue weighted by atomic mass is 31.2. The first-order valence-electron chi connectivity index (χ1n) is 20.4. The maximum atomic E-state index is 12.6. The molecular formula is C40H76NO9P. The average Bonchev–Trinajstić information content (AvgIpc) is 3.10. The summed E-state index contributed by atoms with van der Waals surface area (Å²) in [6, 6.07) is -1.48. The van der Waals surface area contributed by atoms with E-state index in [-0.39, 0.29) is 13.0 Å². The van der Waals surface area contributed by atoms with Gasteiger partial charge in [-0.2, -0.15) is 0 Å². The lowest BCUT2D eigenvalue weighted by molar-refractivity contribution is -0.153. The second-order valence-corrected chi connectivity index (χ2v) is 15.3. The highest BCUT2D eigenvalue weighted by Crippen LogP contribution is 2.43. The second-order valence-electron chi connectivity index (χ2n) is 13.8. The van der Waals surface area contributed by atoms with Gasteiger partial charge in [-0.15, -0.1) is 0 Å². The fraction of sp³-hybridized carbons (Fsp3) is 0.850. The number of phosphoric ester groups is 1. The third-order valence-electron chi connectivity index (χ3n) is 8.80. The number of unbranched alkanes of at least 4 members (excludes halogenated alkanes) is 23. The van der Waals surface area contributed by atoms with E-state index in [1.807, 2.05) is 6.08 Å². The summed E-state index contributed by atoms with van der Waals surface area (Å²) in [4.78, 5) is 33.4. The third-order valence-corrected chi connectivity index (χ3v) is 9.75. The number of carbonyl (C=O) groups excluding carboxylic acids is 1. The van der Waals surface area contributed by atoms with Crippen LogP contribution in [0.25, 0.3) is 0 Å². The molecule has 0 amide bonds. The molecule has 0 aliphatic heterocycles. The van der Waals surface area contributed by atoms with E-state index < -0.39 is 45.1 Å². The van der Waals surface area contributed by atoms with Crippen LogP contribution in [0, 0.1) is 0 Å². The van der Waals surface area contributed by atoms with Gasteiger partial charge in [0.15, 0.2) is 6.10 Å². The van der Waals surface area contributed by atoms with Gasteiger partial charge in [-0.1, -0.05) is 148 Å². The maximum absolute atomic E-state index is 12.6. The Bertz CT molecular complexity index is 914. The summed E-state index contributed by atoms with van der Waals surface area (Å²) >= 11 is 0. The number of carboxylic acids is 1. The van der Waals surface area contributed by atoms with Gasteiger partial charge in [0.05, 0.1) is 19.5 Å². The van der Waals surface area contributed by atoms with Crippen molar-refractivity contribution in [1.82, 2.24) is 0 Å². The summed E-state index contributed by atoms with van der Waals surface area (Å²) in [7, 11) is -4.63. The van der Waals surface area contributed by atoms with Crippen LogP contribution in [0.4, 0.5) is 0 Å². The van der Waals surface area contributed by atoms with Crippen molar-refractivity contribution in [1.29, 1.82) is 0 Å². The number of nitrogens with two attached hydrogens (primary N) is 1. The normalized spacial score (nSPS) is 14.2. The van der Waals surface area contributed by atoms with E-state index in [1.54, 1.807) is 6.26 Å². The monoisotopic (exact) mass is 746 g/mol. The quantitative estimate of drug-likeness (QED) is 0.0182. The molecule has 0 aliphatic rings. The van der Waals surface area contributed by atoms with Crippen LogP contribution < -0.4 is 5.73 Å². The van der Waals surface area contributed by atoms with Gasteiger partial charge in [-0.3, -0.25) is 18.6 Å². The molecule has 0 fully saturated rings. The minimum absolute atomic E-state index is 0.0678. The fourth-order valence-corrected chi connectivity index (χ4v) is 6.34. The first-order valence-corrected chi connectivity index (χ1v) is 21.9. The minimum atomic E-state index is -4.63. The van der Waals surface area contributed by atoms with Gasteiger partial charge in [0.25, 0.3) is 0 Å². The van der Waals surface area contributed by atoms with Crippen LogP contribution >= 0.6 is 7.82 Å². The molecule has 0 aromatic heterocycles. The zero-order chi connectivity index (χ0) is 37.7. The molecule has 11 heteroatoms. The van der Waals surface area contributed by atoms with Crippen molar-refractivity contribution in [2.24, 2.45) is 5.73 Å². The Morgan fingerprint density at radius 1 is 0.608 bits per heavy atom. The lowest BCUT2D eigenvalue weighted by atomic mass is 10.0. The molecule has 0 saturated heterocycles. The van der Waals surface area contributed by atoms with Crippen molar-refractivity contribution in [2.45, 2.75) is 199 Å². The molecule has 0 heterocycles. The Morgan fingerprint density at radius 3 is 1.49 bits per heavy atom. The van der Waals surface area contributed by atoms with Gasteiger partial charge in [-0.25, -0.2) is 4.57 Å². The Hall–Kier alpha value is -1.71. The van der Waals surface area contributed by atoms with E-state index in [0.29, 0.717) is 6.42 Å². The van der Waals surface area contributed by atoms with E-state index >= 15 is 0 Å². The number of phosphoric acid groups is 1. The molecular weight excluding hydrogens is 669 g/mol. The van der Waals surface area contributed by atoms with Crippen molar-refractivity contribution in [3.63, 3.8) is 0 Å². The number of allylic oxidation sites excluding steroid dienone is 3. The number of carboxylic acid groups (broad SMARTS) is 1. The van der Waals surface area contributed by atoms with E-state index in [2.05, 4.69) is 30.5 Å². The Kier molecular flexibility index (Phi) is 35.4. The topological polar surface area (TPSA) is 155 Å². The van der Waals surface area contributed by atoms with E-state index in [4.69, 9.17) is 24.8 Å². The van der Waals surface area contributed by atoms with Gasteiger partial charge in [0, 0.05) is 6.42 Å². The smallest absolute Gasteiger partial charge is 0.472 e. The second kappa shape index (κ2) is 36.6. The molecule has 0 radical (unpaired) electrons. The molecule has 51 heavy (non-hydrogen) atoms. The zero-order valence-electron chi connectivity index (χ0n) is 32.5. The average molecular weight is 746 g/mol. The molecule has 0 rings (SSSR count). The van der Waals surface area contributed by atoms with Crippen molar-refractivity contribution in [3.8, 4) is 0 Å². The molecule has 0 saturated carbocycles. The maximum Gasteiger partial charge on any atom is 0.472 e. The molecule has 3 atom stereocenters. The Labute approximate surface area is 311 Å². The summed E-state index contributed by atoms with van der Waals surface area (Å²) in [6.45, 7) is 3.26. The molecule has 4 N–H and O–H groups in total. The molecule has 0 aromatic carbocycles. The fourth-order valence-electron chi connectivity index (χ4n) is 5.56. The molecule has 10 nitrogen and oxygen atoms in total. The van der Waals surface area contributed by atoms with Gasteiger partial charge in [0.2, 0.25) is 0 Å². The predicted molar refractivity (Wildman–Crippen MR) is 207 cm³/mol. The summed E-state index contributed by atoms with van der Waals surface area (Å²) < 4.78 is 33.0. The van der Waals surface area contributed by atoms with Crippen LogP contribution in [0.3, 0.4) is 0 Å². The summed E-state index contributed by atoms with van der Waals surface area (Å²) in [5.74, 6) is -1.81. The highest BCUT2D eigenvalue weighted by molar-refractivity contribution is 7.47. The summed E-state index contributed by atoms with van der Waals surface area (Å²) in [5, 5.41) is 8.87. The van der Waals surface area contributed by atoms with Crippen molar-refractivity contribution >= 4 is 19.8 Å². The Balaban J connectivity index is 4.33. The number of carbonyl (C=O) groups is 2. The lowest BCUT2D eigenvalue weighted by Gasteiger charge is -2.20. The van der Waals surface area contributed by atoms with Crippen LogP contribution in [-0.2, 0) is 32.7 Å². The van der Waals surface area contributed by atoms with Gasteiger partial charge in [-0.05, 0) is 51.0 Å². The van der Waals surface area contributed by atoms with Gasteiger partial charge in [0.1, 0.15) is 12.6 Å². The van der Waals surface area contributed by atoms with Gasteiger partial charge >= 0.3 is 19.8 Å². The van der Waals surface area contributed by atoms with E-state index in [0.717, 1.165) is 44.9 Å². The number of aliphatic carboxylic acids is 1. The number of esters is 1. The Morgan fingerprint density at radius 2 is 1.02 bits per heavy atom. The first-order chi connectivity index (χ1) is 24.7. The van der Waals surface area contributed by atoms with E-state index in [9.17, 15) is 19.0 Å². The van der Waals surface area contributed by atoms with Crippen LogP contribution in [-0.4, -0.2) is 53.9 Å². The van der Waals surface area contributed by atoms with Crippen molar-refractivity contribution in [3.05, 3.63) is 24.5 Å². The number of ether oxygens (including phenoxy) is 2. The molecule has 1 unspecified atom stereocenters. The molecule has 0 aliphatic carbocycles. The van der Waals surface area contributed by atoms with Crippen molar-refractivity contribution < 1.29 is 42.7 Å². The van der Waals surface area contributed by atoms with Crippen molar-refractivity contribution in [2.75, 3.05) is 19.8 Å². The van der Waals surface area contributed by atoms with Crippen LogP contribution in [0.1, 0.15) is 187 Å². The number of hydrogen-bond acceptors (Lipinski definition) is 8. The number of hydrogen-bond donors (Lipinski definition) is 3. The molecule has 0 aromatic rings. The third kappa shape index (κ3) is 36.4. The molecule has 0 spiro atoms. The van der Waals surface area contributed by atoms with Crippen LogP contribution in [0.15, 0.2) is 24.5 Å². The summed E-state index contributed by atoms with van der Waals surface area (Å²) in [5.41, 5.74) is 5.34.